The van der Waals surface area contributed by atoms with Gasteiger partial charge in [0.2, 0.25) is 11.7 Å². The van der Waals surface area contributed by atoms with Crippen LogP contribution in [0.25, 0.3) is 0 Å². The lowest BCUT2D eigenvalue weighted by Gasteiger charge is -2.33. The number of ether oxygens (including phenoxy) is 1. The van der Waals surface area contributed by atoms with Crippen LogP contribution in [0, 0.1) is 5.92 Å². The molecule has 112 valence electrons. The van der Waals surface area contributed by atoms with Gasteiger partial charge in [0.1, 0.15) is 5.75 Å². The molecule has 2 atom stereocenters. The van der Waals surface area contributed by atoms with Crippen molar-refractivity contribution in [2.45, 2.75) is 44.8 Å². The maximum absolute atomic E-state index is 6.45. The molecule has 0 bridgehead atoms. The molecule has 1 aliphatic rings. The van der Waals surface area contributed by atoms with Gasteiger partial charge in [-0.15, -0.1) is 0 Å². The molecule has 5 nitrogen and oxygen atoms in total. The first-order valence-corrected chi connectivity index (χ1v) is 7.45. The van der Waals surface area contributed by atoms with E-state index in [9.17, 15) is 0 Å². The third kappa shape index (κ3) is 3.24. The number of hydrogen-bond donors (Lipinski definition) is 1. The highest BCUT2D eigenvalue weighted by atomic mass is 16.5. The van der Waals surface area contributed by atoms with E-state index < -0.39 is 5.54 Å². The number of benzene rings is 1. The Morgan fingerprint density at radius 2 is 2.19 bits per heavy atom. The van der Waals surface area contributed by atoms with Crippen molar-refractivity contribution in [1.29, 1.82) is 0 Å². The third-order valence-corrected chi connectivity index (χ3v) is 4.04. The van der Waals surface area contributed by atoms with E-state index in [-0.39, 0.29) is 0 Å². The predicted molar refractivity (Wildman–Crippen MR) is 78.6 cm³/mol. The average Bonchev–Trinajstić information content (AvgIpc) is 2.96. The van der Waals surface area contributed by atoms with Crippen molar-refractivity contribution in [3.63, 3.8) is 0 Å². The molecule has 2 unspecified atom stereocenters. The second-order valence-corrected chi connectivity index (χ2v) is 5.98. The third-order valence-electron chi connectivity index (χ3n) is 4.04. The molecular weight excluding hydrogens is 266 g/mol. The fourth-order valence-electron chi connectivity index (χ4n) is 2.97. The molecule has 0 radical (unpaired) electrons. The minimum Gasteiger partial charge on any atom is -0.485 e. The SMILES string of the molecule is CC1CCCC(N)(c2nc(COc3ccccc3)no2)C1. The number of hydrogen-bond acceptors (Lipinski definition) is 5. The Balaban J connectivity index is 1.66. The molecule has 2 N–H and O–H groups in total. The quantitative estimate of drug-likeness (QED) is 0.935. The van der Waals surface area contributed by atoms with Crippen LogP contribution in [0.4, 0.5) is 0 Å². The second-order valence-electron chi connectivity index (χ2n) is 5.98. The Kier molecular flexibility index (Phi) is 3.92. The number of rotatable bonds is 4. The topological polar surface area (TPSA) is 74.2 Å². The lowest BCUT2D eigenvalue weighted by atomic mass is 9.77. The highest BCUT2D eigenvalue weighted by molar-refractivity contribution is 5.21. The van der Waals surface area contributed by atoms with Gasteiger partial charge in [-0.25, -0.2) is 0 Å². The summed E-state index contributed by atoms with van der Waals surface area (Å²) in [5.41, 5.74) is 5.98. The summed E-state index contributed by atoms with van der Waals surface area (Å²) in [4.78, 5) is 4.43. The van der Waals surface area contributed by atoms with E-state index in [2.05, 4.69) is 17.1 Å². The van der Waals surface area contributed by atoms with Crippen LogP contribution in [-0.2, 0) is 12.1 Å². The van der Waals surface area contributed by atoms with Crippen LogP contribution >= 0.6 is 0 Å². The largest absolute Gasteiger partial charge is 0.485 e. The van der Waals surface area contributed by atoms with Crippen LogP contribution in [0.15, 0.2) is 34.9 Å². The number of nitrogens with zero attached hydrogens (tertiary/aromatic N) is 2. The van der Waals surface area contributed by atoms with Gasteiger partial charge in [0.25, 0.3) is 0 Å². The lowest BCUT2D eigenvalue weighted by molar-refractivity contribution is 0.182. The summed E-state index contributed by atoms with van der Waals surface area (Å²) >= 11 is 0. The molecule has 21 heavy (non-hydrogen) atoms. The first kappa shape index (κ1) is 14.1. The van der Waals surface area contributed by atoms with Gasteiger partial charge >= 0.3 is 0 Å². The van der Waals surface area contributed by atoms with Gasteiger partial charge in [0.05, 0.1) is 5.54 Å². The van der Waals surface area contributed by atoms with E-state index >= 15 is 0 Å². The average molecular weight is 287 g/mol. The van der Waals surface area contributed by atoms with Crippen molar-refractivity contribution in [2.75, 3.05) is 0 Å². The van der Waals surface area contributed by atoms with E-state index in [1.165, 1.54) is 6.42 Å². The summed E-state index contributed by atoms with van der Waals surface area (Å²) in [6.07, 6.45) is 4.12. The van der Waals surface area contributed by atoms with E-state index in [1.807, 2.05) is 30.3 Å². The van der Waals surface area contributed by atoms with Gasteiger partial charge in [-0.3, -0.25) is 0 Å². The van der Waals surface area contributed by atoms with Gasteiger partial charge in [-0.1, -0.05) is 43.1 Å². The second kappa shape index (κ2) is 5.85. The first-order valence-electron chi connectivity index (χ1n) is 7.45. The molecule has 0 spiro atoms. The fraction of sp³-hybridized carbons (Fsp3) is 0.500. The number of para-hydroxylation sites is 1. The molecule has 1 fully saturated rings. The van der Waals surface area contributed by atoms with Crippen molar-refractivity contribution < 1.29 is 9.26 Å². The molecule has 0 amide bonds. The van der Waals surface area contributed by atoms with Crippen LogP contribution in [0.1, 0.15) is 44.3 Å². The summed E-state index contributed by atoms with van der Waals surface area (Å²) in [6, 6.07) is 9.59. The summed E-state index contributed by atoms with van der Waals surface area (Å²) in [6.45, 7) is 2.51. The Labute approximate surface area is 124 Å². The van der Waals surface area contributed by atoms with Gasteiger partial charge in [-0.2, -0.15) is 4.98 Å². The van der Waals surface area contributed by atoms with Crippen molar-refractivity contribution >= 4 is 0 Å². The maximum atomic E-state index is 6.45. The maximum Gasteiger partial charge on any atom is 0.246 e. The number of aromatic nitrogens is 2. The minimum atomic E-state index is -0.477. The van der Waals surface area contributed by atoms with Crippen molar-refractivity contribution in [3.05, 3.63) is 42.0 Å². The van der Waals surface area contributed by atoms with Gasteiger partial charge in [-0.05, 0) is 30.9 Å². The molecule has 0 saturated heterocycles. The minimum absolute atomic E-state index is 0.291. The summed E-state index contributed by atoms with van der Waals surface area (Å²) in [5.74, 6) is 2.47. The number of nitrogens with two attached hydrogens (primary N) is 1. The van der Waals surface area contributed by atoms with E-state index in [4.69, 9.17) is 15.0 Å². The Morgan fingerprint density at radius 3 is 2.95 bits per heavy atom. The lowest BCUT2D eigenvalue weighted by Crippen LogP contribution is -2.41. The zero-order valence-corrected chi connectivity index (χ0v) is 12.3. The molecule has 1 aromatic carbocycles. The standard InChI is InChI=1S/C16H21N3O2/c1-12-6-5-9-16(17,10-12)15-18-14(19-21-15)11-20-13-7-3-2-4-8-13/h2-4,7-8,12H,5-6,9-11,17H2,1H3. The first-order chi connectivity index (χ1) is 10.2. The molecule has 5 heteroatoms. The molecular formula is C16H21N3O2. The molecule has 1 aliphatic carbocycles. The van der Waals surface area contributed by atoms with E-state index in [1.54, 1.807) is 0 Å². The highest BCUT2D eigenvalue weighted by Gasteiger charge is 2.37. The monoisotopic (exact) mass is 287 g/mol. The Morgan fingerprint density at radius 1 is 1.38 bits per heavy atom. The van der Waals surface area contributed by atoms with Crippen LogP contribution in [0.5, 0.6) is 5.75 Å². The zero-order chi connectivity index (χ0) is 14.7. The molecule has 1 saturated carbocycles. The summed E-state index contributed by atoms with van der Waals surface area (Å²) in [5, 5.41) is 3.99. The van der Waals surface area contributed by atoms with Crippen LogP contribution < -0.4 is 10.5 Å². The smallest absolute Gasteiger partial charge is 0.246 e. The van der Waals surface area contributed by atoms with Gasteiger partial charge in [0, 0.05) is 0 Å². The van der Waals surface area contributed by atoms with Crippen LogP contribution in [0.2, 0.25) is 0 Å². The van der Waals surface area contributed by atoms with Crippen molar-refractivity contribution in [3.8, 4) is 5.75 Å². The van der Waals surface area contributed by atoms with Gasteiger partial charge < -0.3 is 15.0 Å². The van der Waals surface area contributed by atoms with E-state index in [0.717, 1.165) is 25.0 Å². The van der Waals surface area contributed by atoms with Crippen LogP contribution in [-0.4, -0.2) is 10.1 Å². The molecule has 1 heterocycles. The highest BCUT2D eigenvalue weighted by Crippen LogP contribution is 2.36. The molecule has 1 aromatic heterocycles. The Bertz CT molecular complexity index is 584. The predicted octanol–water partition coefficient (Wildman–Crippen LogP) is 3.01. The van der Waals surface area contributed by atoms with E-state index in [0.29, 0.717) is 24.2 Å². The van der Waals surface area contributed by atoms with Crippen LogP contribution in [0.3, 0.4) is 0 Å². The van der Waals surface area contributed by atoms with Crippen molar-refractivity contribution in [1.82, 2.24) is 10.1 Å². The molecule has 2 aromatic rings. The van der Waals surface area contributed by atoms with Gasteiger partial charge in [0.15, 0.2) is 6.61 Å². The molecule has 0 aliphatic heterocycles. The summed E-state index contributed by atoms with van der Waals surface area (Å²) < 4.78 is 11.0. The molecule has 3 rings (SSSR count). The fourth-order valence-corrected chi connectivity index (χ4v) is 2.97. The van der Waals surface area contributed by atoms with Crippen molar-refractivity contribution in [2.24, 2.45) is 11.7 Å². The summed E-state index contributed by atoms with van der Waals surface area (Å²) in [7, 11) is 0. The Hall–Kier alpha value is -1.88. The normalized spacial score (nSPS) is 25.7. The zero-order valence-electron chi connectivity index (χ0n) is 12.3.